The van der Waals surface area contributed by atoms with Crippen molar-refractivity contribution in [2.45, 2.75) is 12.8 Å². The fourth-order valence-electron chi connectivity index (χ4n) is 1.57. The first kappa shape index (κ1) is 13.8. The third-order valence-electron chi connectivity index (χ3n) is 2.52. The molecular formula is C12H12Cl2N4O. The average Bonchev–Trinajstić information content (AvgIpc) is 2.86. The summed E-state index contributed by atoms with van der Waals surface area (Å²) in [6.07, 6.45) is 2.27. The molecule has 2 rings (SSSR count). The summed E-state index contributed by atoms with van der Waals surface area (Å²) >= 11 is 11.8. The molecule has 0 aliphatic carbocycles. The van der Waals surface area contributed by atoms with Crippen LogP contribution in [0.15, 0.2) is 24.5 Å². The minimum atomic E-state index is -0.0938. The maximum absolute atomic E-state index is 11.7. The SMILES string of the molecule is O=C(Cc1ccc(Cl)cc1Cl)NCCc1ncn[nH]1. The molecule has 0 unspecified atom stereocenters. The van der Waals surface area contributed by atoms with Gasteiger partial charge in [-0.1, -0.05) is 29.3 Å². The molecule has 0 radical (unpaired) electrons. The first-order valence-corrected chi connectivity index (χ1v) is 6.45. The Hall–Kier alpha value is -1.59. The molecule has 5 nitrogen and oxygen atoms in total. The molecular weight excluding hydrogens is 287 g/mol. The van der Waals surface area contributed by atoms with Crippen LogP contribution in [0.25, 0.3) is 0 Å². The van der Waals surface area contributed by atoms with Crippen LogP contribution >= 0.6 is 23.2 Å². The lowest BCUT2D eigenvalue weighted by Gasteiger charge is -2.06. The summed E-state index contributed by atoms with van der Waals surface area (Å²) in [5, 5.41) is 10.3. The number of aromatic nitrogens is 3. The van der Waals surface area contributed by atoms with Gasteiger partial charge in [-0.3, -0.25) is 9.89 Å². The summed E-state index contributed by atoms with van der Waals surface area (Å²) in [4.78, 5) is 15.7. The molecule has 7 heteroatoms. The lowest BCUT2D eigenvalue weighted by Crippen LogP contribution is -2.27. The van der Waals surface area contributed by atoms with Gasteiger partial charge in [0.25, 0.3) is 0 Å². The van der Waals surface area contributed by atoms with Gasteiger partial charge in [0.15, 0.2) is 0 Å². The fraction of sp³-hybridized carbons (Fsp3) is 0.250. The molecule has 0 atom stereocenters. The first-order valence-electron chi connectivity index (χ1n) is 5.70. The van der Waals surface area contributed by atoms with E-state index in [1.165, 1.54) is 6.33 Å². The summed E-state index contributed by atoms with van der Waals surface area (Å²) in [5.41, 5.74) is 0.753. The van der Waals surface area contributed by atoms with Crippen molar-refractivity contribution >= 4 is 29.1 Å². The Morgan fingerprint density at radius 2 is 2.21 bits per heavy atom. The molecule has 2 N–H and O–H groups in total. The van der Waals surface area contributed by atoms with Gasteiger partial charge in [-0.2, -0.15) is 5.10 Å². The summed E-state index contributed by atoms with van der Waals surface area (Å²) in [5.74, 6) is 0.647. The zero-order chi connectivity index (χ0) is 13.7. The molecule has 0 bridgehead atoms. The normalized spacial score (nSPS) is 10.4. The number of nitrogens with zero attached hydrogens (tertiary/aromatic N) is 2. The van der Waals surface area contributed by atoms with Gasteiger partial charge >= 0.3 is 0 Å². The van der Waals surface area contributed by atoms with Gasteiger partial charge in [-0.15, -0.1) is 0 Å². The summed E-state index contributed by atoms with van der Waals surface area (Å²) in [7, 11) is 0. The van der Waals surface area contributed by atoms with Crippen molar-refractivity contribution in [1.82, 2.24) is 20.5 Å². The second kappa shape index (κ2) is 6.54. The molecule has 1 amide bonds. The van der Waals surface area contributed by atoms with Crippen LogP contribution in [0.1, 0.15) is 11.4 Å². The number of H-pyrrole nitrogens is 1. The quantitative estimate of drug-likeness (QED) is 0.887. The molecule has 2 aromatic rings. The first-order chi connectivity index (χ1) is 9.15. The molecule has 0 aliphatic rings. The second-order valence-corrected chi connectivity index (χ2v) is 4.79. The number of rotatable bonds is 5. The Kier molecular flexibility index (Phi) is 4.76. The van der Waals surface area contributed by atoms with Crippen LogP contribution in [-0.4, -0.2) is 27.6 Å². The molecule has 0 saturated carbocycles. The smallest absolute Gasteiger partial charge is 0.224 e. The van der Waals surface area contributed by atoms with Gasteiger partial charge in [0.2, 0.25) is 5.91 Å². The number of hydrogen-bond acceptors (Lipinski definition) is 3. The van der Waals surface area contributed by atoms with Crippen LogP contribution in [0.2, 0.25) is 10.0 Å². The van der Waals surface area contributed by atoms with E-state index in [0.29, 0.717) is 23.0 Å². The van der Waals surface area contributed by atoms with E-state index in [1.54, 1.807) is 18.2 Å². The van der Waals surface area contributed by atoms with Crippen LogP contribution in [0, 0.1) is 0 Å². The maximum atomic E-state index is 11.7. The van der Waals surface area contributed by atoms with Crippen molar-refractivity contribution in [1.29, 1.82) is 0 Å². The van der Waals surface area contributed by atoms with Crippen molar-refractivity contribution in [3.8, 4) is 0 Å². The van der Waals surface area contributed by atoms with Gasteiger partial charge in [0.05, 0.1) is 6.42 Å². The van der Waals surface area contributed by atoms with E-state index in [4.69, 9.17) is 23.2 Å². The highest BCUT2D eigenvalue weighted by molar-refractivity contribution is 6.35. The van der Waals surface area contributed by atoms with Gasteiger partial charge < -0.3 is 5.32 Å². The highest BCUT2D eigenvalue weighted by Gasteiger charge is 2.07. The van der Waals surface area contributed by atoms with Crippen LogP contribution in [0.4, 0.5) is 0 Å². The highest BCUT2D eigenvalue weighted by atomic mass is 35.5. The minimum Gasteiger partial charge on any atom is -0.355 e. The Labute approximate surface area is 120 Å². The Morgan fingerprint density at radius 3 is 2.89 bits per heavy atom. The molecule has 0 fully saturated rings. The van der Waals surface area contributed by atoms with E-state index in [0.717, 1.165) is 11.4 Å². The van der Waals surface area contributed by atoms with E-state index in [9.17, 15) is 4.79 Å². The molecule has 1 aromatic heterocycles. The lowest BCUT2D eigenvalue weighted by atomic mass is 10.1. The molecule has 1 aromatic carbocycles. The number of amides is 1. The Balaban J connectivity index is 1.80. The second-order valence-electron chi connectivity index (χ2n) is 3.94. The highest BCUT2D eigenvalue weighted by Crippen LogP contribution is 2.21. The van der Waals surface area contributed by atoms with Crippen LogP contribution in [0.5, 0.6) is 0 Å². The third-order valence-corrected chi connectivity index (χ3v) is 3.10. The van der Waals surface area contributed by atoms with Gasteiger partial charge in [0, 0.05) is 23.0 Å². The predicted octanol–water partition coefficient (Wildman–Crippen LogP) is 2.01. The lowest BCUT2D eigenvalue weighted by molar-refractivity contribution is -0.120. The van der Waals surface area contributed by atoms with Crippen molar-refractivity contribution in [3.05, 3.63) is 46.0 Å². The molecule has 1 heterocycles. The van der Waals surface area contributed by atoms with E-state index in [-0.39, 0.29) is 12.3 Å². The minimum absolute atomic E-state index is 0.0938. The van der Waals surface area contributed by atoms with Crippen molar-refractivity contribution in [2.75, 3.05) is 6.54 Å². The van der Waals surface area contributed by atoms with Crippen LogP contribution in [-0.2, 0) is 17.6 Å². The molecule has 0 spiro atoms. The number of benzene rings is 1. The van der Waals surface area contributed by atoms with Crippen molar-refractivity contribution < 1.29 is 4.79 Å². The Bertz CT molecular complexity index is 557. The molecule has 0 aliphatic heterocycles. The van der Waals surface area contributed by atoms with E-state index < -0.39 is 0 Å². The standard InChI is InChI=1S/C12H12Cl2N4O/c13-9-2-1-8(10(14)6-9)5-12(19)15-4-3-11-16-7-17-18-11/h1-2,6-7H,3-5H2,(H,15,19)(H,16,17,18). The van der Waals surface area contributed by atoms with Gasteiger partial charge in [0.1, 0.15) is 12.2 Å². The van der Waals surface area contributed by atoms with Crippen molar-refractivity contribution in [2.24, 2.45) is 0 Å². The van der Waals surface area contributed by atoms with E-state index >= 15 is 0 Å². The molecule has 19 heavy (non-hydrogen) atoms. The predicted molar refractivity (Wildman–Crippen MR) is 73.3 cm³/mol. The van der Waals surface area contributed by atoms with Crippen molar-refractivity contribution in [3.63, 3.8) is 0 Å². The number of carbonyl (C=O) groups excluding carboxylic acids is 1. The fourth-order valence-corrected chi connectivity index (χ4v) is 2.05. The van der Waals surface area contributed by atoms with Gasteiger partial charge in [-0.25, -0.2) is 4.98 Å². The number of aromatic amines is 1. The summed E-state index contributed by atoms with van der Waals surface area (Å²) in [6.45, 7) is 0.499. The summed E-state index contributed by atoms with van der Waals surface area (Å²) in [6, 6.07) is 5.09. The zero-order valence-corrected chi connectivity index (χ0v) is 11.5. The summed E-state index contributed by atoms with van der Waals surface area (Å²) < 4.78 is 0. The topological polar surface area (TPSA) is 70.7 Å². The number of halogens is 2. The monoisotopic (exact) mass is 298 g/mol. The van der Waals surface area contributed by atoms with Crippen LogP contribution < -0.4 is 5.32 Å². The number of hydrogen-bond donors (Lipinski definition) is 2. The maximum Gasteiger partial charge on any atom is 0.224 e. The van der Waals surface area contributed by atoms with Crippen LogP contribution in [0.3, 0.4) is 0 Å². The number of nitrogens with one attached hydrogen (secondary N) is 2. The molecule has 100 valence electrons. The largest absolute Gasteiger partial charge is 0.355 e. The van der Waals surface area contributed by atoms with E-state index in [2.05, 4.69) is 20.5 Å². The molecule has 0 saturated heterocycles. The van der Waals surface area contributed by atoms with Gasteiger partial charge in [-0.05, 0) is 17.7 Å². The van der Waals surface area contributed by atoms with E-state index in [1.807, 2.05) is 0 Å². The zero-order valence-electron chi connectivity index (χ0n) is 9.99. The number of carbonyl (C=O) groups is 1. The third kappa shape index (κ3) is 4.22. The average molecular weight is 299 g/mol. The Morgan fingerprint density at radius 1 is 1.37 bits per heavy atom.